The van der Waals surface area contributed by atoms with Gasteiger partial charge in [0.1, 0.15) is 4.88 Å². The number of anilines is 1. The van der Waals surface area contributed by atoms with Gasteiger partial charge >= 0.3 is 6.03 Å². The van der Waals surface area contributed by atoms with E-state index in [9.17, 15) is 9.59 Å². The number of rotatable bonds is 5. The molecular weight excluding hydrogens is 336 g/mol. The summed E-state index contributed by atoms with van der Waals surface area (Å²) in [5, 5.41) is 6.77. The van der Waals surface area contributed by atoms with E-state index in [0.717, 1.165) is 48.6 Å². The second kappa shape index (κ2) is 8.11. The average molecular weight is 358 g/mol. The smallest absolute Gasteiger partial charge is 0.321 e. The Morgan fingerprint density at radius 2 is 2.08 bits per heavy atom. The number of nitrogens with one attached hydrogen (secondary N) is 2. The van der Waals surface area contributed by atoms with Crippen molar-refractivity contribution < 1.29 is 9.59 Å². The van der Waals surface area contributed by atoms with Gasteiger partial charge in [-0.3, -0.25) is 4.79 Å². The maximum atomic E-state index is 12.2. The van der Waals surface area contributed by atoms with E-state index in [1.54, 1.807) is 6.20 Å². The first-order chi connectivity index (χ1) is 12.2. The molecule has 132 valence electrons. The Morgan fingerprint density at radius 1 is 1.28 bits per heavy atom. The quantitative estimate of drug-likeness (QED) is 0.861. The molecule has 1 fully saturated rings. The Morgan fingerprint density at radius 3 is 2.80 bits per heavy atom. The molecule has 1 aromatic heterocycles. The molecule has 0 atom stereocenters. The van der Waals surface area contributed by atoms with Crippen LogP contribution in [0.3, 0.4) is 0 Å². The Labute approximate surface area is 151 Å². The number of benzene rings is 1. The third-order valence-corrected chi connectivity index (χ3v) is 5.24. The summed E-state index contributed by atoms with van der Waals surface area (Å²) < 4.78 is 0. The van der Waals surface area contributed by atoms with Gasteiger partial charge in [-0.25, -0.2) is 9.78 Å². The topological polar surface area (TPSA) is 74.3 Å². The number of carbonyl (C=O) groups excluding carboxylic acids is 2. The number of amides is 3. The summed E-state index contributed by atoms with van der Waals surface area (Å²) in [5.41, 5.74) is 1.68. The minimum Gasteiger partial charge on any atom is -0.347 e. The number of thiazole rings is 1. The number of nitrogens with zero attached hydrogens (tertiary/aromatic N) is 2. The van der Waals surface area contributed by atoms with Gasteiger partial charge in [0.05, 0.1) is 11.2 Å². The standard InChI is InChI=1S/C18H22N4O2S/c1-2-16-19-12-15(25-16)17(23)20-11-13-6-5-7-14(10-13)21-18(24)22-8-3-4-9-22/h5-7,10,12H,2-4,8-9,11H2,1H3,(H,20,23)(H,21,24). The molecule has 0 aliphatic carbocycles. The molecule has 1 aromatic carbocycles. The van der Waals surface area contributed by atoms with Gasteiger partial charge in [-0.2, -0.15) is 0 Å². The van der Waals surface area contributed by atoms with Gasteiger partial charge in [-0.05, 0) is 37.0 Å². The van der Waals surface area contributed by atoms with Crippen molar-refractivity contribution in [1.29, 1.82) is 0 Å². The Bertz CT molecular complexity index is 753. The molecule has 1 aliphatic heterocycles. The first-order valence-corrected chi connectivity index (χ1v) is 9.35. The molecule has 25 heavy (non-hydrogen) atoms. The summed E-state index contributed by atoms with van der Waals surface area (Å²) >= 11 is 1.42. The van der Waals surface area contributed by atoms with Gasteiger partial charge in [0.25, 0.3) is 5.91 Å². The molecule has 2 N–H and O–H groups in total. The van der Waals surface area contributed by atoms with Crippen molar-refractivity contribution in [2.45, 2.75) is 32.7 Å². The van der Waals surface area contributed by atoms with Crippen LogP contribution in [0, 0.1) is 0 Å². The number of aromatic nitrogens is 1. The number of aryl methyl sites for hydroxylation is 1. The monoisotopic (exact) mass is 358 g/mol. The van der Waals surface area contributed by atoms with Crippen molar-refractivity contribution in [2.24, 2.45) is 0 Å². The molecule has 7 heteroatoms. The minimum atomic E-state index is -0.122. The van der Waals surface area contributed by atoms with Gasteiger partial charge in [-0.15, -0.1) is 11.3 Å². The van der Waals surface area contributed by atoms with Crippen LogP contribution in [0.15, 0.2) is 30.5 Å². The second-order valence-electron chi connectivity index (χ2n) is 5.98. The van der Waals surface area contributed by atoms with Gasteiger partial charge in [0.2, 0.25) is 0 Å². The lowest BCUT2D eigenvalue weighted by atomic mass is 10.2. The lowest BCUT2D eigenvalue weighted by molar-refractivity contribution is 0.0954. The van der Waals surface area contributed by atoms with Gasteiger partial charge in [0, 0.05) is 25.3 Å². The molecule has 0 saturated carbocycles. The van der Waals surface area contributed by atoms with Crippen molar-refractivity contribution >= 4 is 29.0 Å². The molecule has 6 nitrogen and oxygen atoms in total. The predicted molar refractivity (Wildman–Crippen MR) is 98.9 cm³/mol. The second-order valence-corrected chi connectivity index (χ2v) is 7.09. The van der Waals surface area contributed by atoms with E-state index < -0.39 is 0 Å². The highest BCUT2D eigenvalue weighted by Crippen LogP contribution is 2.15. The summed E-state index contributed by atoms with van der Waals surface area (Å²) in [5.74, 6) is -0.122. The van der Waals surface area contributed by atoms with Crippen molar-refractivity contribution in [3.63, 3.8) is 0 Å². The van der Waals surface area contributed by atoms with E-state index in [2.05, 4.69) is 15.6 Å². The molecule has 0 unspecified atom stereocenters. The molecule has 2 heterocycles. The maximum Gasteiger partial charge on any atom is 0.321 e. The summed E-state index contributed by atoms with van der Waals surface area (Å²) in [6, 6.07) is 7.49. The van der Waals surface area contributed by atoms with Crippen LogP contribution in [0.4, 0.5) is 10.5 Å². The number of carbonyl (C=O) groups is 2. The zero-order chi connectivity index (χ0) is 17.6. The minimum absolute atomic E-state index is 0.0598. The van der Waals surface area contributed by atoms with Gasteiger partial charge in [0.15, 0.2) is 0 Å². The highest BCUT2D eigenvalue weighted by atomic mass is 32.1. The molecule has 3 amide bonds. The maximum absolute atomic E-state index is 12.2. The average Bonchev–Trinajstić information content (AvgIpc) is 3.31. The SMILES string of the molecule is CCc1ncc(C(=O)NCc2cccc(NC(=O)N3CCCC3)c2)s1. The van der Waals surface area contributed by atoms with Crippen molar-refractivity contribution in [3.05, 3.63) is 45.9 Å². The lowest BCUT2D eigenvalue weighted by Crippen LogP contribution is -2.32. The Kier molecular flexibility index (Phi) is 5.65. The molecule has 0 spiro atoms. The molecule has 2 aromatic rings. The van der Waals surface area contributed by atoms with E-state index in [1.807, 2.05) is 36.1 Å². The molecule has 0 radical (unpaired) electrons. The fourth-order valence-electron chi connectivity index (χ4n) is 2.73. The van der Waals surface area contributed by atoms with Crippen LogP contribution in [0.2, 0.25) is 0 Å². The van der Waals surface area contributed by atoms with E-state index >= 15 is 0 Å². The fraction of sp³-hybridized carbons (Fsp3) is 0.389. The van der Waals surface area contributed by atoms with Crippen molar-refractivity contribution in [1.82, 2.24) is 15.2 Å². The normalized spacial score (nSPS) is 13.7. The van der Waals surface area contributed by atoms with Crippen LogP contribution in [0.25, 0.3) is 0 Å². The number of likely N-dealkylation sites (tertiary alicyclic amines) is 1. The van der Waals surface area contributed by atoms with Crippen LogP contribution in [0.1, 0.15) is 40.0 Å². The number of hydrogen-bond acceptors (Lipinski definition) is 4. The van der Waals surface area contributed by atoms with E-state index in [-0.39, 0.29) is 11.9 Å². The first kappa shape index (κ1) is 17.4. The number of hydrogen-bond donors (Lipinski definition) is 2. The van der Waals surface area contributed by atoms with Crippen molar-refractivity contribution in [3.8, 4) is 0 Å². The molecule has 1 aliphatic rings. The van der Waals surface area contributed by atoms with Crippen LogP contribution < -0.4 is 10.6 Å². The van der Waals surface area contributed by atoms with Crippen LogP contribution in [-0.4, -0.2) is 34.9 Å². The molecule has 1 saturated heterocycles. The highest BCUT2D eigenvalue weighted by molar-refractivity contribution is 7.13. The Hall–Kier alpha value is -2.41. The van der Waals surface area contributed by atoms with Crippen LogP contribution >= 0.6 is 11.3 Å². The third kappa shape index (κ3) is 4.57. The molecule has 0 bridgehead atoms. The van der Waals surface area contributed by atoms with Gasteiger partial charge in [-0.1, -0.05) is 19.1 Å². The molecular formula is C18H22N4O2S. The summed E-state index contributed by atoms with van der Waals surface area (Å²) in [7, 11) is 0. The lowest BCUT2D eigenvalue weighted by Gasteiger charge is -2.16. The van der Waals surface area contributed by atoms with Crippen molar-refractivity contribution in [2.75, 3.05) is 18.4 Å². The predicted octanol–water partition coefficient (Wildman–Crippen LogP) is 3.26. The molecule has 3 rings (SSSR count). The van der Waals surface area contributed by atoms with Crippen LogP contribution in [0.5, 0.6) is 0 Å². The van der Waals surface area contributed by atoms with E-state index in [1.165, 1.54) is 11.3 Å². The zero-order valence-electron chi connectivity index (χ0n) is 14.2. The van der Waals surface area contributed by atoms with E-state index in [0.29, 0.717) is 11.4 Å². The first-order valence-electron chi connectivity index (χ1n) is 8.53. The summed E-state index contributed by atoms with van der Waals surface area (Å²) in [6.07, 6.45) is 4.58. The third-order valence-electron chi connectivity index (χ3n) is 4.10. The summed E-state index contributed by atoms with van der Waals surface area (Å²) in [6.45, 7) is 4.06. The van der Waals surface area contributed by atoms with Crippen LogP contribution in [-0.2, 0) is 13.0 Å². The van der Waals surface area contributed by atoms with Gasteiger partial charge < -0.3 is 15.5 Å². The highest BCUT2D eigenvalue weighted by Gasteiger charge is 2.17. The van der Waals surface area contributed by atoms with E-state index in [4.69, 9.17) is 0 Å². The fourth-order valence-corrected chi connectivity index (χ4v) is 3.50. The number of urea groups is 1. The Balaban J connectivity index is 1.55. The zero-order valence-corrected chi connectivity index (χ0v) is 15.1. The summed E-state index contributed by atoms with van der Waals surface area (Å²) in [4.78, 5) is 31.0. The largest absolute Gasteiger partial charge is 0.347 e.